The fourth-order valence-corrected chi connectivity index (χ4v) is 2.78. The predicted molar refractivity (Wildman–Crippen MR) is 62.5 cm³/mol. The first-order valence-corrected chi connectivity index (χ1v) is 6.42. The molecule has 0 N–H and O–H groups in total. The van der Waals surface area contributed by atoms with E-state index in [9.17, 15) is 0 Å². The van der Waals surface area contributed by atoms with Crippen LogP contribution in [0.15, 0.2) is 12.0 Å². The first kappa shape index (κ1) is 10.8. The standard InChI is InChI=1S/C13H23NO/c1-3-4-9-14-11(2)10-15-13-8-6-5-7-12(13)14/h10,12-13H,3-9H2,1-2H3. The molecule has 1 aliphatic heterocycles. The Hall–Kier alpha value is -0.660. The van der Waals surface area contributed by atoms with Crippen LogP contribution in [0, 0.1) is 0 Å². The summed E-state index contributed by atoms with van der Waals surface area (Å²) in [6.45, 7) is 5.65. The van der Waals surface area contributed by atoms with Crippen LogP contribution in [0.1, 0.15) is 52.4 Å². The Balaban J connectivity index is 2.03. The molecule has 0 saturated heterocycles. The van der Waals surface area contributed by atoms with Gasteiger partial charge < -0.3 is 9.64 Å². The van der Waals surface area contributed by atoms with Crippen molar-refractivity contribution in [3.63, 3.8) is 0 Å². The van der Waals surface area contributed by atoms with Gasteiger partial charge in [-0.3, -0.25) is 0 Å². The zero-order valence-corrected chi connectivity index (χ0v) is 10.0. The molecule has 0 aromatic rings. The van der Waals surface area contributed by atoms with Crippen LogP contribution < -0.4 is 0 Å². The molecule has 0 bridgehead atoms. The van der Waals surface area contributed by atoms with Gasteiger partial charge in [-0.1, -0.05) is 19.8 Å². The summed E-state index contributed by atoms with van der Waals surface area (Å²) in [4.78, 5) is 2.58. The van der Waals surface area contributed by atoms with E-state index in [1.54, 1.807) is 0 Å². The number of hydrogen-bond acceptors (Lipinski definition) is 2. The Labute approximate surface area is 93.3 Å². The van der Waals surface area contributed by atoms with Crippen LogP contribution in [0.3, 0.4) is 0 Å². The summed E-state index contributed by atoms with van der Waals surface area (Å²) in [6.07, 6.45) is 10.3. The molecule has 0 radical (unpaired) electrons. The average molecular weight is 209 g/mol. The third-order valence-corrected chi connectivity index (χ3v) is 3.69. The van der Waals surface area contributed by atoms with Gasteiger partial charge in [0.05, 0.1) is 6.04 Å². The highest BCUT2D eigenvalue weighted by molar-refractivity contribution is 5.04. The number of nitrogens with zero attached hydrogens (tertiary/aromatic N) is 1. The summed E-state index contributed by atoms with van der Waals surface area (Å²) < 4.78 is 5.80. The first-order valence-electron chi connectivity index (χ1n) is 6.42. The molecular formula is C13H23NO. The smallest absolute Gasteiger partial charge is 0.118 e. The number of ether oxygens (including phenoxy) is 1. The summed E-state index contributed by atoms with van der Waals surface area (Å²) in [6, 6.07) is 0.662. The largest absolute Gasteiger partial charge is 0.494 e. The molecule has 1 heterocycles. The Kier molecular flexibility index (Phi) is 3.55. The minimum atomic E-state index is 0.472. The molecule has 86 valence electrons. The van der Waals surface area contributed by atoms with E-state index in [4.69, 9.17) is 4.74 Å². The molecular weight excluding hydrogens is 186 g/mol. The molecule has 2 atom stereocenters. The second kappa shape index (κ2) is 4.91. The molecule has 2 heteroatoms. The highest BCUT2D eigenvalue weighted by Crippen LogP contribution is 2.31. The fraction of sp³-hybridized carbons (Fsp3) is 0.846. The van der Waals surface area contributed by atoms with Crippen molar-refractivity contribution < 1.29 is 4.74 Å². The molecule has 15 heavy (non-hydrogen) atoms. The van der Waals surface area contributed by atoms with Crippen LogP contribution in [0.5, 0.6) is 0 Å². The van der Waals surface area contributed by atoms with Crippen molar-refractivity contribution in [2.45, 2.75) is 64.5 Å². The number of hydrogen-bond donors (Lipinski definition) is 0. The molecule has 1 saturated carbocycles. The van der Waals surface area contributed by atoms with Crippen LogP contribution >= 0.6 is 0 Å². The summed E-state index contributed by atoms with van der Waals surface area (Å²) in [5, 5.41) is 0. The van der Waals surface area contributed by atoms with Crippen LogP contribution in [-0.2, 0) is 4.74 Å². The van der Waals surface area contributed by atoms with Gasteiger partial charge in [0.25, 0.3) is 0 Å². The molecule has 2 aliphatic rings. The number of unbranched alkanes of at least 4 members (excludes halogenated alkanes) is 1. The van der Waals surface area contributed by atoms with Gasteiger partial charge in [-0.2, -0.15) is 0 Å². The Morgan fingerprint density at radius 1 is 1.40 bits per heavy atom. The maximum Gasteiger partial charge on any atom is 0.118 e. The van der Waals surface area contributed by atoms with E-state index >= 15 is 0 Å². The summed E-state index contributed by atoms with van der Waals surface area (Å²) in [5.74, 6) is 0. The van der Waals surface area contributed by atoms with E-state index in [2.05, 4.69) is 18.7 Å². The molecule has 0 aromatic heterocycles. The fourth-order valence-electron chi connectivity index (χ4n) is 2.78. The lowest BCUT2D eigenvalue weighted by Crippen LogP contribution is -2.48. The summed E-state index contributed by atoms with van der Waals surface area (Å²) >= 11 is 0. The van der Waals surface area contributed by atoms with Crippen molar-refractivity contribution in [2.75, 3.05) is 6.54 Å². The number of allylic oxidation sites excluding steroid dienone is 1. The first-order chi connectivity index (χ1) is 7.33. The van der Waals surface area contributed by atoms with Crippen molar-refractivity contribution in [3.05, 3.63) is 12.0 Å². The molecule has 2 rings (SSSR count). The monoisotopic (exact) mass is 209 g/mol. The van der Waals surface area contributed by atoms with E-state index in [-0.39, 0.29) is 0 Å². The molecule has 1 aliphatic carbocycles. The Morgan fingerprint density at radius 2 is 2.20 bits per heavy atom. The van der Waals surface area contributed by atoms with E-state index in [1.165, 1.54) is 50.8 Å². The zero-order valence-electron chi connectivity index (χ0n) is 10.0. The summed E-state index contributed by atoms with van der Waals surface area (Å²) in [5.41, 5.74) is 1.33. The quantitative estimate of drug-likeness (QED) is 0.707. The van der Waals surface area contributed by atoms with E-state index in [0.717, 1.165) is 0 Å². The molecule has 1 fully saturated rings. The second-order valence-corrected chi connectivity index (χ2v) is 4.83. The van der Waals surface area contributed by atoms with Crippen molar-refractivity contribution >= 4 is 0 Å². The second-order valence-electron chi connectivity index (χ2n) is 4.83. The third-order valence-electron chi connectivity index (χ3n) is 3.69. The van der Waals surface area contributed by atoms with Crippen LogP contribution in [0.2, 0.25) is 0 Å². The number of rotatable bonds is 3. The zero-order chi connectivity index (χ0) is 10.7. The van der Waals surface area contributed by atoms with Crippen molar-refractivity contribution in [1.82, 2.24) is 4.90 Å². The van der Waals surface area contributed by atoms with Gasteiger partial charge in [0.1, 0.15) is 12.4 Å². The van der Waals surface area contributed by atoms with Gasteiger partial charge in [0.2, 0.25) is 0 Å². The molecule has 0 amide bonds. The van der Waals surface area contributed by atoms with Gasteiger partial charge in [-0.15, -0.1) is 0 Å². The van der Waals surface area contributed by atoms with Gasteiger partial charge in [-0.25, -0.2) is 0 Å². The van der Waals surface area contributed by atoms with Gasteiger partial charge >= 0.3 is 0 Å². The lowest BCUT2D eigenvalue weighted by atomic mass is 9.90. The van der Waals surface area contributed by atoms with Crippen LogP contribution in [0.25, 0.3) is 0 Å². The van der Waals surface area contributed by atoms with Crippen LogP contribution in [0.4, 0.5) is 0 Å². The highest BCUT2D eigenvalue weighted by Gasteiger charge is 2.33. The van der Waals surface area contributed by atoms with E-state index < -0.39 is 0 Å². The van der Waals surface area contributed by atoms with E-state index in [1.807, 2.05) is 6.26 Å². The van der Waals surface area contributed by atoms with E-state index in [0.29, 0.717) is 12.1 Å². The minimum absolute atomic E-state index is 0.472. The van der Waals surface area contributed by atoms with Crippen molar-refractivity contribution in [1.29, 1.82) is 0 Å². The molecule has 2 unspecified atom stereocenters. The maximum atomic E-state index is 5.80. The van der Waals surface area contributed by atoms with Gasteiger partial charge in [0, 0.05) is 12.2 Å². The lowest BCUT2D eigenvalue weighted by Gasteiger charge is -2.44. The van der Waals surface area contributed by atoms with Crippen LogP contribution in [-0.4, -0.2) is 23.6 Å². The molecule has 0 spiro atoms. The average Bonchev–Trinajstić information content (AvgIpc) is 2.28. The molecule has 2 nitrogen and oxygen atoms in total. The van der Waals surface area contributed by atoms with Gasteiger partial charge in [-0.05, 0) is 32.6 Å². The Morgan fingerprint density at radius 3 is 3.00 bits per heavy atom. The SMILES string of the molecule is CCCCN1C(C)=COC2CCCCC21. The van der Waals surface area contributed by atoms with Gasteiger partial charge in [0.15, 0.2) is 0 Å². The predicted octanol–water partition coefficient (Wildman–Crippen LogP) is 3.29. The minimum Gasteiger partial charge on any atom is -0.494 e. The summed E-state index contributed by atoms with van der Waals surface area (Å²) in [7, 11) is 0. The normalized spacial score (nSPS) is 30.5. The van der Waals surface area contributed by atoms with Crippen molar-refractivity contribution in [3.8, 4) is 0 Å². The van der Waals surface area contributed by atoms with Crippen molar-refractivity contribution in [2.24, 2.45) is 0 Å². The number of fused-ring (bicyclic) bond motifs is 1. The maximum absolute atomic E-state index is 5.80. The Bertz CT molecular complexity index is 237. The third kappa shape index (κ3) is 2.30. The molecule has 0 aromatic carbocycles. The topological polar surface area (TPSA) is 12.5 Å². The lowest BCUT2D eigenvalue weighted by molar-refractivity contribution is -0.00506. The highest BCUT2D eigenvalue weighted by atomic mass is 16.5.